The molecule has 1 aromatic carbocycles. The van der Waals surface area contributed by atoms with Crippen molar-refractivity contribution in [2.45, 2.75) is 57.2 Å². The summed E-state index contributed by atoms with van der Waals surface area (Å²) in [6.45, 7) is 2.05. The molecule has 3 atom stereocenters. The Morgan fingerprint density at radius 2 is 1.86 bits per heavy atom. The first-order valence-electron chi connectivity index (χ1n) is 7.91. The van der Waals surface area contributed by atoms with Crippen LogP contribution in [0.3, 0.4) is 0 Å². The summed E-state index contributed by atoms with van der Waals surface area (Å²) in [6, 6.07) is 9.53. The Kier molecular flexibility index (Phi) is 6.30. The van der Waals surface area contributed by atoms with Gasteiger partial charge in [0.15, 0.2) is 0 Å². The van der Waals surface area contributed by atoms with E-state index in [2.05, 4.69) is 38.7 Å². The van der Waals surface area contributed by atoms with Gasteiger partial charge in [0.1, 0.15) is 0 Å². The van der Waals surface area contributed by atoms with Crippen molar-refractivity contribution in [3.05, 3.63) is 34.3 Å². The second-order valence-electron chi connectivity index (χ2n) is 6.52. The van der Waals surface area contributed by atoms with E-state index in [0.29, 0.717) is 24.4 Å². The first-order valence-corrected chi connectivity index (χ1v) is 8.70. The highest BCUT2D eigenvalue weighted by Crippen LogP contribution is 2.32. The maximum absolute atomic E-state index is 12.3. The SMILES string of the molecule is CC(NC(=O)CC1CC2CCC(C1)N2)c1ccc(Br)cc1.Cl. The van der Waals surface area contributed by atoms with Crippen LogP contribution in [0.15, 0.2) is 28.7 Å². The topological polar surface area (TPSA) is 41.1 Å². The number of benzene rings is 1. The molecule has 3 unspecified atom stereocenters. The van der Waals surface area contributed by atoms with Gasteiger partial charge >= 0.3 is 0 Å². The number of piperidine rings is 1. The van der Waals surface area contributed by atoms with Crippen LogP contribution >= 0.6 is 28.3 Å². The van der Waals surface area contributed by atoms with E-state index in [4.69, 9.17) is 0 Å². The smallest absolute Gasteiger partial charge is 0.220 e. The normalized spacial score (nSPS) is 27.8. The van der Waals surface area contributed by atoms with E-state index in [-0.39, 0.29) is 24.4 Å². The molecule has 5 heteroatoms. The maximum atomic E-state index is 12.3. The monoisotopic (exact) mass is 386 g/mol. The highest BCUT2D eigenvalue weighted by molar-refractivity contribution is 9.10. The van der Waals surface area contributed by atoms with Crippen molar-refractivity contribution in [1.82, 2.24) is 10.6 Å². The largest absolute Gasteiger partial charge is 0.350 e. The number of halogens is 2. The van der Waals surface area contributed by atoms with Crippen molar-refractivity contribution in [3.8, 4) is 0 Å². The fourth-order valence-corrected chi connectivity index (χ4v) is 4.00. The molecule has 2 heterocycles. The van der Waals surface area contributed by atoms with Crippen LogP contribution in [0, 0.1) is 5.92 Å². The molecular weight excluding hydrogens is 364 g/mol. The lowest BCUT2D eigenvalue weighted by atomic mass is 9.89. The molecule has 1 amide bonds. The van der Waals surface area contributed by atoms with Gasteiger partial charge in [0.05, 0.1) is 6.04 Å². The van der Waals surface area contributed by atoms with Gasteiger partial charge in [0.25, 0.3) is 0 Å². The van der Waals surface area contributed by atoms with Crippen LogP contribution in [0.5, 0.6) is 0 Å². The highest BCUT2D eigenvalue weighted by atomic mass is 79.9. The number of hydrogen-bond acceptors (Lipinski definition) is 2. The number of rotatable bonds is 4. The average Bonchev–Trinajstić information content (AvgIpc) is 2.78. The minimum atomic E-state index is 0. The van der Waals surface area contributed by atoms with Crippen LogP contribution in [0.2, 0.25) is 0 Å². The number of fused-ring (bicyclic) bond motifs is 2. The quantitative estimate of drug-likeness (QED) is 0.821. The Morgan fingerprint density at radius 3 is 2.45 bits per heavy atom. The summed E-state index contributed by atoms with van der Waals surface area (Å²) in [7, 11) is 0. The molecule has 0 aliphatic carbocycles. The number of nitrogens with one attached hydrogen (secondary N) is 2. The van der Waals surface area contributed by atoms with Crippen LogP contribution in [0.4, 0.5) is 0 Å². The molecule has 122 valence electrons. The Balaban J connectivity index is 0.00000176. The van der Waals surface area contributed by atoms with Gasteiger partial charge in [0, 0.05) is 23.0 Å². The lowest BCUT2D eigenvalue weighted by molar-refractivity contribution is -0.122. The van der Waals surface area contributed by atoms with E-state index in [1.54, 1.807) is 0 Å². The molecule has 0 saturated carbocycles. The van der Waals surface area contributed by atoms with E-state index >= 15 is 0 Å². The van der Waals surface area contributed by atoms with E-state index < -0.39 is 0 Å². The molecule has 2 N–H and O–H groups in total. The number of carbonyl (C=O) groups is 1. The van der Waals surface area contributed by atoms with E-state index in [1.165, 1.54) is 12.8 Å². The molecule has 2 saturated heterocycles. The van der Waals surface area contributed by atoms with Gasteiger partial charge in [-0.3, -0.25) is 4.79 Å². The standard InChI is InChI=1S/C17H23BrN2O.ClH/c1-11(13-2-4-14(18)5-3-13)19-17(21)10-12-8-15-6-7-16(9-12)20-15;/h2-5,11-12,15-16,20H,6-10H2,1H3,(H,19,21);1H. The Morgan fingerprint density at radius 1 is 1.27 bits per heavy atom. The van der Waals surface area contributed by atoms with Crippen LogP contribution in [-0.2, 0) is 4.79 Å². The summed E-state index contributed by atoms with van der Waals surface area (Å²) >= 11 is 3.44. The molecule has 3 nitrogen and oxygen atoms in total. The Hall–Kier alpha value is -0.580. The third-order valence-corrected chi connectivity index (χ3v) is 5.32. The molecular formula is C17H24BrClN2O. The minimum Gasteiger partial charge on any atom is -0.350 e. The van der Waals surface area contributed by atoms with Crippen molar-refractivity contribution in [1.29, 1.82) is 0 Å². The summed E-state index contributed by atoms with van der Waals surface area (Å²) in [6.07, 6.45) is 5.58. The van der Waals surface area contributed by atoms with Crippen molar-refractivity contribution in [2.75, 3.05) is 0 Å². The average molecular weight is 388 g/mol. The van der Waals surface area contributed by atoms with Crippen molar-refractivity contribution < 1.29 is 4.79 Å². The summed E-state index contributed by atoms with van der Waals surface area (Å²) in [5.41, 5.74) is 1.15. The van der Waals surface area contributed by atoms with E-state index in [0.717, 1.165) is 22.9 Å². The predicted octanol–water partition coefficient (Wildman–Crippen LogP) is 3.97. The molecule has 2 fully saturated rings. The lowest BCUT2D eigenvalue weighted by Gasteiger charge is -2.29. The van der Waals surface area contributed by atoms with Crippen LogP contribution in [0.25, 0.3) is 0 Å². The van der Waals surface area contributed by atoms with Crippen LogP contribution in [-0.4, -0.2) is 18.0 Å². The molecule has 2 bridgehead atoms. The summed E-state index contributed by atoms with van der Waals surface area (Å²) < 4.78 is 1.06. The van der Waals surface area contributed by atoms with Crippen molar-refractivity contribution in [2.24, 2.45) is 5.92 Å². The molecule has 1 aromatic rings. The minimum absolute atomic E-state index is 0. The summed E-state index contributed by atoms with van der Waals surface area (Å²) in [5.74, 6) is 0.748. The molecule has 2 aliphatic rings. The van der Waals surface area contributed by atoms with Crippen LogP contribution < -0.4 is 10.6 Å². The Bertz CT molecular complexity index is 496. The predicted molar refractivity (Wildman–Crippen MR) is 95.2 cm³/mol. The third kappa shape index (κ3) is 4.46. The van der Waals surface area contributed by atoms with Crippen LogP contribution in [0.1, 0.15) is 50.6 Å². The number of amides is 1. The molecule has 22 heavy (non-hydrogen) atoms. The number of carbonyl (C=O) groups excluding carboxylic acids is 1. The molecule has 0 aromatic heterocycles. The van der Waals surface area contributed by atoms with Gasteiger partial charge in [-0.25, -0.2) is 0 Å². The van der Waals surface area contributed by atoms with Gasteiger partial charge < -0.3 is 10.6 Å². The van der Waals surface area contributed by atoms with Crippen molar-refractivity contribution >= 4 is 34.2 Å². The summed E-state index contributed by atoms with van der Waals surface area (Å²) in [5, 5.41) is 6.77. The molecule has 0 spiro atoms. The number of hydrogen-bond donors (Lipinski definition) is 2. The third-order valence-electron chi connectivity index (χ3n) is 4.79. The first kappa shape index (κ1) is 17.8. The zero-order valence-corrected chi connectivity index (χ0v) is 15.3. The fourth-order valence-electron chi connectivity index (χ4n) is 3.74. The second kappa shape index (κ2) is 7.80. The first-order chi connectivity index (χ1) is 10.1. The van der Waals surface area contributed by atoms with E-state index in [1.807, 2.05) is 19.1 Å². The molecule has 0 radical (unpaired) electrons. The van der Waals surface area contributed by atoms with Gasteiger partial charge in [-0.05, 0) is 56.2 Å². The zero-order chi connectivity index (χ0) is 14.8. The van der Waals surface area contributed by atoms with Gasteiger partial charge in [-0.15, -0.1) is 12.4 Å². The van der Waals surface area contributed by atoms with Gasteiger partial charge in [0.2, 0.25) is 5.91 Å². The summed E-state index contributed by atoms with van der Waals surface area (Å²) in [4.78, 5) is 12.3. The van der Waals surface area contributed by atoms with Gasteiger partial charge in [-0.1, -0.05) is 28.1 Å². The van der Waals surface area contributed by atoms with E-state index in [9.17, 15) is 4.79 Å². The zero-order valence-electron chi connectivity index (χ0n) is 12.8. The lowest BCUT2D eigenvalue weighted by Crippen LogP contribution is -2.40. The van der Waals surface area contributed by atoms with Gasteiger partial charge in [-0.2, -0.15) is 0 Å². The fraction of sp³-hybridized carbons (Fsp3) is 0.588. The molecule has 3 rings (SSSR count). The second-order valence-corrected chi connectivity index (χ2v) is 7.44. The Labute approximate surface area is 147 Å². The van der Waals surface area contributed by atoms with Crippen molar-refractivity contribution in [3.63, 3.8) is 0 Å². The maximum Gasteiger partial charge on any atom is 0.220 e. The highest BCUT2D eigenvalue weighted by Gasteiger charge is 2.34. The molecule has 2 aliphatic heterocycles.